The lowest BCUT2D eigenvalue weighted by Gasteiger charge is -2.14. The van der Waals surface area contributed by atoms with Crippen LogP contribution in [-0.4, -0.2) is 11.5 Å². The van der Waals surface area contributed by atoms with Gasteiger partial charge in [-0.3, -0.25) is 0 Å². The lowest BCUT2D eigenvalue weighted by atomic mass is 10.1. The summed E-state index contributed by atoms with van der Waals surface area (Å²) in [5, 5.41) is 6.74. The number of nitrogens with two attached hydrogens (primary N) is 1. The topological polar surface area (TPSA) is 50.9 Å². The smallest absolute Gasteiger partial charge is 0.109 e. The first-order valence-corrected chi connectivity index (χ1v) is 7.14. The molecule has 0 spiro atoms. The summed E-state index contributed by atoms with van der Waals surface area (Å²) < 4.78 is 0. The second-order valence-electron chi connectivity index (χ2n) is 4.28. The van der Waals surface area contributed by atoms with Gasteiger partial charge in [0.1, 0.15) is 5.01 Å². The average Bonchev–Trinajstić information content (AvgIpc) is 2.88. The molecule has 0 radical (unpaired) electrons. The summed E-state index contributed by atoms with van der Waals surface area (Å²) in [5.41, 5.74) is 7.87. The van der Waals surface area contributed by atoms with E-state index in [1.165, 1.54) is 10.6 Å². The van der Waals surface area contributed by atoms with Gasteiger partial charge in [0, 0.05) is 17.3 Å². The highest BCUT2D eigenvalue weighted by Crippen LogP contribution is 2.18. The van der Waals surface area contributed by atoms with Crippen molar-refractivity contribution in [3.05, 3.63) is 46.4 Å². The molecule has 1 aromatic heterocycles. The van der Waals surface area contributed by atoms with Crippen LogP contribution >= 0.6 is 11.3 Å². The summed E-state index contributed by atoms with van der Waals surface area (Å²) >= 11 is 1.71. The number of anilines is 1. The molecule has 0 aliphatic carbocycles. The van der Waals surface area contributed by atoms with Gasteiger partial charge >= 0.3 is 0 Å². The van der Waals surface area contributed by atoms with Crippen molar-refractivity contribution in [1.29, 1.82) is 0 Å². The maximum absolute atomic E-state index is 5.76. The first kappa shape index (κ1) is 13.1. The molecule has 2 rings (SSSR count). The SMILES string of the molecule is CCC(NCCc1cccc(N)c1)c1nccs1. The quantitative estimate of drug-likeness (QED) is 0.786. The maximum atomic E-state index is 5.76. The average molecular weight is 261 g/mol. The predicted octanol–water partition coefficient (Wildman–Crippen LogP) is 3.01. The van der Waals surface area contributed by atoms with E-state index in [1.54, 1.807) is 11.3 Å². The van der Waals surface area contributed by atoms with Gasteiger partial charge in [-0.15, -0.1) is 11.3 Å². The summed E-state index contributed by atoms with van der Waals surface area (Å²) in [4.78, 5) is 4.36. The fourth-order valence-electron chi connectivity index (χ4n) is 1.95. The van der Waals surface area contributed by atoms with Crippen molar-refractivity contribution >= 4 is 17.0 Å². The number of rotatable bonds is 6. The number of nitrogen functional groups attached to an aromatic ring is 1. The van der Waals surface area contributed by atoms with E-state index >= 15 is 0 Å². The van der Waals surface area contributed by atoms with Crippen molar-refractivity contribution in [3.63, 3.8) is 0 Å². The zero-order valence-electron chi connectivity index (χ0n) is 10.6. The number of hydrogen-bond donors (Lipinski definition) is 2. The third-order valence-electron chi connectivity index (χ3n) is 2.91. The molecule has 3 N–H and O–H groups in total. The Balaban J connectivity index is 1.84. The van der Waals surface area contributed by atoms with Crippen LogP contribution in [0.4, 0.5) is 5.69 Å². The molecule has 18 heavy (non-hydrogen) atoms. The number of hydrogen-bond acceptors (Lipinski definition) is 4. The van der Waals surface area contributed by atoms with Crippen LogP contribution in [0.15, 0.2) is 35.8 Å². The van der Waals surface area contributed by atoms with Gasteiger partial charge in [0.25, 0.3) is 0 Å². The zero-order valence-corrected chi connectivity index (χ0v) is 11.4. The van der Waals surface area contributed by atoms with E-state index in [2.05, 4.69) is 23.3 Å². The Morgan fingerprint density at radius 3 is 3.00 bits per heavy atom. The molecule has 0 saturated carbocycles. The molecule has 0 aliphatic heterocycles. The Labute approximate surface area is 112 Å². The fraction of sp³-hybridized carbons (Fsp3) is 0.357. The highest BCUT2D eigenvalue weighted by molar-refractivity contribution is 7.09. The number of thiazole rings is 1. The minimum absolute atomic E-state index is 0.367. The van der Waals surface area contributed by atoms with Gasteiger partial charge in [-0.2, -0.15) is 0 Å². The van der Waals surface area contributed by atoms with Crippen LogP contribution in [0.1, 0.15) is 30.0 Å². The molecule has 0 saturated heterocycles. The molecule has 0 amide bonds. The maximum Gasteiger partial charge on any atom is 0.109 e. The fourth-order valence-corrected chi connectivity index (χ4v) is 2.75. The summed E-state index contributed by atoms with van der Waals surface area (Å²) in [6.07, 6.45) is 3.92. The van der Waals surface area contributed by atoms with Crippen molar-refractivity contribution < 1.29 is 0 Å². The molecule has 0 fully saturated rings. The minimum atomic E-state index is 0.367. The van der Waals surface area contributed by atoms with Crippen LogP contribution in [-0.2, 0) is 6.42 Å². The van der Waals surface area contributed by atoms with Gasteiger partial charge in [-0.1, -0.05) is 19.1 Å². The molecular formula is C14H19N3S. The summed E-state index contributed by atoms with van der Waals surface area (Å²) in [6.45, 7) is 3.13. The Kier molecular flexibility index (Phi) is 4.73. The number of nitrogens with one attached hydrogen (secondary N) is 1. The Morgan fingerprint density at radius 1 is 1.44 bits per heavy atom. The van der Waals surface area contributed by atoms with E-state index < -0.39 is 0 Å². The first-order chi connectivity index (χ1) is 8.79. The van der Waals surface area contributed by atoms with E-state index in [-0.39, 0.29) is 0 Å². The number of benzene rings is 1. The molecule has 1 heterocycles. The molecule has 2 aromatic rings. The monoisotopic (exact) mass is 261 g/mol. The normalized spacial score (nSPS) is 12.5. The second-order valence-corrected chi connectivity index (χ2v) is 5.21. The van der Waals surface area contributed by atoms with Crippen molar-refractivity contribution in [1.82, 2.24) is 10.3 Å². The van der Waals surface area contributed by atoms with Crippen LogP contribution in [0.3, 0.4) is 0 Å². The zero-order chi connectivity index (χ0) is 12.8. The van der Waals surface area contributed by atoms with Crippen molar-refractivity contribution in [2.75, 3.05) is 12.3 Å². The lowest BCUT2D eigenvalue weighted by Crippen LogP contribution is -2.23. The molecule has 4 heteroatoms. The lowest BCUT2D eigenvalue weighted by molar-refractivity contribution is 0.520. The Morgan fingerprint density at radius 2 is 2.33 bits per heavy atom. The first-order valence-electron chi connectivity index (χ1n) is 6.26. The largest absolute Gasteiger partial charge is 0.399 e. The Hall–Kier alpha value is -1.39. The van der Waals surface area contributed by atoms with Gasteiger partial charge in [0.05, 0.1) is 6.04 Å². The van der Waals surface area contributed by atoms with Gasteiger partial charge < -0.3 is 11.1 Å². The standard InChI is InChI=1S/C14H19N3S/c1-2-13(14-17-8-9-18-14)16-7-6-11-4-3-5-12(15)10-11/h3-5,8-10,13,16H,2,6-7,15H2,1H3. The Bertz CT molecular complexity index is 468. The van der Waals surface area contributed by atoms with Crippen molar-refractivity contribution in [3.8, 4) is 0 Å². The van der Waals surface area contributed by atoms with Gasteiger partial charge in [-0.05, 0) is 37.1 Å². The van der Waals surface area contributed by atoms with Crippen LogP contribution in [0.5, 0.6) is 0 Å². The highest BCUT2D eigenvalue weighted by atomic mass is 32.1. The number of aromatic nitrogens is 1. The third-order valence-corrected chi connectivity index (χ3v) is 3.80. The van der Waals surface area contributed by atoms with Crippen LogP contribution in [0, 0.1) is 0 Å². The molecule has 1 atom stereocenters. The van der Waals surface area contributed by atoms with Crippen LogP contribution in [0.25, 0.3) is 0 Å². The summed E-state index contributed by atoms with van der Waals surface area (Å²) in [5.74, 6) is 0. The van der Waals surface area contributed by atoms with Gasteiger partial charge in [0.2, 0.25) is 0 Å². The highest BCUT2D eigenvalue weighted by Gasteiger charge is 2.10. The van der Waals surface area contributed by atoms with Crippen molar-refractivity contribution in [2.45, 2.75) is 25.8 Å². The van der Waals surface area contributed by atoms with E-state index in [4.69, 9.17) is 5.73 Å². The molecule has 3 nitrogen and oxygen atoms in total. The summed E-state index contributed by atoms with van der Waals surface area (Å²) in [7, 11) is 0. The number of nitrogens with zero attached hydrogens (tertiary/aromatic N) is 1. The molecular weight excluding hydrogens is 242 g/mol. The van der Waals surface area contributed by atoms with Crippen molar-refractivity contribution in [2.24, 2.45) is 0 Å². The summed E-state index contributed by atoms with van der Waals surface area (Å²) in [6, 6.07) is 8.43. The van der Waals surface area contributed by atoms with E-state index in [0.29, 0.717) is 6.04 Å². The predicted molar refractivity (Wildman–Crippen MR) is 77.7 cm³/mol. The van der Waals surface area contributed by atoms with Crippen LogP contribution in [0.2, 0.25) is 0 Å². The van der Waals surface area contributed by atoms with E-state index in [0.717, 1.165) is 25.1 Å². The minimum Gasteiger partial charge on any atom is -0.399 e. The second kappa shape index (κ2) is 6.52. The van der Waals surface area contributed by atoms with E-state index in [9.17, 15) is 0 Å². The molecule has 0 aliphatic rings. The van der Waals surface area contributed by atoms with Crippen LogP contribution < -0.4 is 11.1 Å². The van der Waals surface area contributed by atoms with E-state index in [1.807, 2.05) is 29.8 Å². The van der Waals surface area contributed by atoms with Gasteiger partial charge in [-0.25, -0.2) is 4.98 Å². The molecule has 0 bridgehead atoms. The molecule has 1 aromatic carbocycles. The molecule has 96 valence electrons. The third kappa shape index (κ3) is 3.55. The van der Waals surface area contributed by atoms with Gasteiger partial charge in [0.15, 0.2) is 0 Å². The molecule has 1 unspecified atom stereocenters.